The number of hydrogen-bond acceptors (Lipinski definition) is 4. The lowest BCUT2D eigenvalue weighted by Gasteiger charge is -2.09. The van der Waals surface area contributed by atoms with Crippen LogP contribution in [-0.4, -0.2) is 25.5 Å². The second-order valence-corrected chi connectivity index (χ2v) is 5.08. The monoisotopic (exact) mass is 324 g/mol. The van der Waals surface area contributed by atoms with Gasteiger partial charge >= 0.3 is 5.97 Å². The Labute approximate surface area is 141 Å². The fourth-order valence-electron chi connectivity index (χ4n) is 2.21. The molecule has 0 saturated carbocycles. The number of para-hydroxylation sites is 1. The SMILES string of the molecule is CCOC(=O)/C(=C\COc1ccccc1C=O)Cc1ccccc1. The lowest BCUT2D eigenvalue weighted by atomic mass is 10.1. The number of ether oxygens (including phenoxy) is 2. The van der Waals surface area contributed by atoms with Crippen molar-refractivity contribution in [3.8, 4) is 5.75 Å². The van der Waals surface area contributed by atoms with Crippen molar-refractivity contribution < 1.29 is 19.1 Å². The predicted octanol–water partition coefficient (Wildman–Crippen LogP) is 3.61. The molecule has 124 valence electrons. The minimum absolute atomic E-state index is 0.186. The van der Waals surface area contributed by atoms with E-state index in [9.17, 15) is 9.59 Å². The third-order valence-electron chi connectivity index (χ3n) is 3.39. The Morgan fingerprint density at radius 3 is 2.46 bits per heavy atom. The molecule has 0 unspecified atom stereocenters. The molecular formula is C20H20O4. The molecule has 0 N–H and O–H groups in total. The number of benzene rings is 2. The minimum Gasteiger partial charge on any atom is -0.489 e. The zero-order valence-corrected chi connectivity index (χ0v) is 13.6. The molecule has 0 fully saturated rings. The van der Waals surface area contributed by atoms with E-state index in [0.717, 1.165) is 11.8 Å². The lowest BCUT2D eigenvalue weighted by molar-refractivity contribution is -0.138. The molecule has 0 radical (unpaired) electrons. The van der Waals surface area contributed by atoms with Crippen molar-refractivity contribution in [2.45, 2.75) is 13.3 Å². The molecule has 4 nitrogen and oxygen atoms in total. The lowest BCUT2D eigenvalue weighted by Crippen LogP contribution is -2.11. The first kappa shape index (κ1) is 17.5. The second kappa shape index (κ2) is 9.30. The van der Waals surface area contributed by atoms with E-state index >= 15 is 0 Å². The number of rotatable bonds is 8. The highest BCUT2D eigenvalue weighted by Crippen LogP contribution is 2.16. The first-order chi connectivity index (χ1) is 11.7. The van der Waals surface area contributed by atoms with Crippen molar-refractivity contribution >= 4 is 12.3 Å². The number of carbonyl (C=O) groups is 2. The Balaban J connectivity index is 2.09. The van der Waals surface area contributed by atoms with Gasteiger partial charge in [0, 0.05) is 12.0 Å². The molecule has 0 spiro atoms. The summed E-state index contributed by atoms with van der Waals surface area (Å²) in [5, 5.41) is 0. The van der Waals surface area contributed by atoms with E-state index in [1.807, 2.05) is 30.3 Å². The van der Waals surface area contributed by atoms with E-state index in [-0.39, 0.29) is 12.6 Å². The van der Waals surface area contributed by atoms with Gasteiger partial charge in [0.15, 0.2) is 6.29 Å². The smallest absolute Gasteiger partial charge is 0.334 e. The first-order valence-corrected chi connectivity index (χ1v) is 7.81. The summed E-state index contributed by atoms with van der Waals surface area (Å²) in [4.78, 5) is 23.1. The summed E-state index contributed by atoms with van der Waals surface area (Å²) in [5.74, 6) is 0.139. The summed E-state index contributed by atoms with van der Waals surface area (Å²) >= 11 is 0. The Morgan fingerprint density at radius 1 is 1.04 bits per heavy atom. The summed E-state index contributed by atoms with van der Waals surface area (Å²) in [6.45, 7) is 2.28. The molecule has 2 aromatic rings. The maximum Gasteiger partial charge on any atom is 0.334 e. The molecule has 0 aliphatic carbocycles. The van der Waals surface area contributed by atoms with Crippen LogP contribution in [0.4, 0.5) is 0 Å². The molecule has 24 heavy (non-hydrogen) atoms. The van der Waals surface area contributed by atoms with Crippen LogP contribution in [0.3, 0.4) is 0 Å². The summed E-state index contributed by atoms with van der Waals surface area (Å²) in [6.07, 6.45) is 2.92. The van der Waals surface area contributed by atoms with Gasteiger partial charge in [-0.3, -0.25) is 4.79 Å². The normalized spacial score (nSPS) is 11.0. The van der Waals surface area contributed by atoms with Crippen LogP contribution in [0.25, 0.3) is 0 Å². The van der Waals surface area contributed by atoms with Crippen LogP contribution in [0.1, 0.15) is 22.8 Å². The standard InChI is InChI=1S/C20H20O4/c1-2-23-20(22)17(14-16-8-4-3-5-9-16)12-13-24-19-11-7-6-10-18(19)15-21/h3-12,15H,2,13-14H2,1H3/b17-12-. The molecule has 0 bridgehead atoms. The van der Waals surface area contributed by atoms with Gasteiger partial charge in [-0.25, -0.2) is 4.79 Å². The van der Waals surface area contributed by atoms with Crippen molar-refractivity contribution in [3.05, 3.63) is 77.4 Å². The van der Waals surface area contributed by atoms with Crippen molar-refractivity contribution in [1.82, 2.24) is 0 Å². The maximum atomic E-state index is 12.1. The van der Waals surface area contributed by atoms with Gasteiger partial charge in [0.1, 0.15) is 12.4 Å². The van der Waals surface area contributed by atoms with E-state index in [0.29, 0.717) is 29.9 Å². The zero-order chi connectivity index (χ0) is 17.2. The van der Waals surface area contributed by atoms with Crippen molar-refractivity contribution in [2.24, 2.45) is 0 Å². The van der Waals surface area contributed by atoms with Crippen LogP contribution in [0, 0.1) is 0 Å². The summed E-state index contributed by atoms with van der Waals surface area (Å²) in [6, 6.07) is 16.7. The quantitative estimate of drug-likeness (QED) is 0.423. The van der Waals surface area contributed by atoms with Crippen molar-refractivity contribution in [2.75, 3.05) is 13.2 Å². The van der Waals surface area contributed by atoms with Gasteiger partial charge in [-0.15, -0.1) is 0 Å². The molecular weight excluding hydrogens is 304 g/mol. The molecule has 0 aromatic heterocycles. The van der Waals surface area contributed by atoms with Crippen molar-refractivity contribution in [3.63, 3.8) is 0 Å². The molecule has 0 aliphatic heterocycles. The molecule has 0 saturated heterocycles. The predicted molar refractivity (Wildman–Crippen MR) is 92.2 cm³/mol. The van der Waals surface area contributed by atoms with Crippen LogP contribution in [0.5, 0.6) is 5.75 Å². The maximum absolute atomic E-state index is 12.1. The number of hydrogen-bond donors (Lipinski definition) is 0. The Kier molecular flexibility index (Phi) is 6.77. The molecule has 4 heteroatoms. The van der Waals surface area contributed by atoms with Gasteiger partial charge in [-0.2, -0.15) is 0 Å². The number of aldehydes is 1. The largest absolute Gasteiger partial charge is 0.489 e. The second-order valence-electron chi connectivity index (χ2n) is 5.08. The molecule has 0 atom stereocenters. The molecule has 0 amide bonds. The highest BCUT2D eigenvalue weighted by atomic mass is 16.5. The minimum atomic E-state index is -0.353. The van der Waals surface area contributed by atoms with Crippen LogP contribution >= 0.6 is 0 Å². The van der Waals surface area contributed by atoms with Gasteiger partial charge < -0.3 is 9.47 Å². The fourth-order valence-corrected chi connectivity index (χ4v) is 2.21. The summed E-state index contributed by atoms with van der Waals surface area (Å²) in [7, 11) is 0. The van der Waals surface area contributed by atoms with Gasteiger partial charge in [-0.05, 0) is 30.7 Å². The number of carbonyl (C=O) groups excluding carboxylic acids is 2. The Morgan fingerprint density at radius 2 is 1.75 bits per heavy atom. The van der Waals surface area contributed by atoms with Gasteiger partial charge in [0.25, 0.3) is 0 Å². The third kappa shape index (κ3) is 5.09. The Bertz CT molecular complexity index is 705. The summed E-state index contributed by atoms with van der Waals surface area (Å²) in [5.41, 5.74) is 2.03. The van der Waals surface area contributed by atoms with Crippen LogP contribution < -0.4 is 4.74 Å². The third-order valence-corrected chi connectivity index (χ3v) is 3.39. The van der Waals surface area contributed by atoms with E-state index in [4.69, 9.17) is 9.47 Å². The first-order valence-electron chi connectivity index (χ1n) is 7.81. The van der Waals surface area contributed by atoms with Gasteiger partial charge in [0.2, 0.25) is 0 Å². The highest BCUT2D eigenvalue weighted by Gasteiger charge is 2.11. The summed E-state index contributed by atoms with van der Waals surface area (Å²) < 4.78 is 10.7. The van der Waals surface area contributed by atoms with Gasteiger partial charge in [0.05, 0.1) is 12.2 Å². The molecule has 2 rings (SSSR count). The fraction of sp³-hybridized carbons (Fsp3) is 0.200. The Hall–Kier alpha value is -2.88. The van der Waals surface area contributed by atoms with E-state index in [2.05, 4.69) is 0 Å². The topological polar surface area (TPSA) is 52.6 Å². The molecule has 2 aromatic carbocycles. The average molecular weight is 324 g/mol. The molecule has 0 aliphatic rings. The highest BCUT2D eigenvalue weighted by molar-refractivity contribution is 5.89. The number of esters is 1. The molecule has 0 heterocycles. The van der Waals surface area contributed by atoms with Gasteiger partial charge in [-0.1, -0.05) is 42.5 Å². The zero-order valence-electron chi connectivity index (χ0n) is 13.6. The average Bonchev–Trinajstić information content (AvgIpc) is 2.62. The van der Waals surface area contributed by atoms with E-state index in [1.165, 1.54) is 0 Å². The van der Waals surface area contributed by atoms with Crippen LogP contribution in [0.2, 0.25) is 0 Å². The van der Waals surface area contributed by atoms with E-state index < -0.39 is 0 Å². The van der Waals surface area contributed by atoms with Crippen LogP contribution in [0.15, 0.2) is 66.2 Å². The van der Waals surface area contributed by atoms with Crippen molar-refractivity contribution in [1.29, 1.82) is 0 Å². The van der Waals surface area contributed by atoms with Crippen LogP contribution in [-0.2, 0) is 16.0 Å². The van der Waals surface area contributed by atoms with E-state index in [1.54, 1.807) is 37.3 Å².